The predicted octanol–water partition coefficient (Wildman–Crippen LogP) is 3.96. The van der Waals surface area contributed by atoms with Gasteiger partial charge >= 0.3 is 0 Å². The third-order valence-corrected chi connectivity index (χ3v) is 4.16. The molecule has 110 valence electrons. The van der Waals surface area contributed by atoms with E-state index >= 15 is 0 Å². The summed E-state index contributed by atoms with van der Waals surface area (Å²) in [7, 11) is 1.71. The molecule has 20 heavy (non-hydrogen) atoms. The molecular formula is C18H27NO. The second-order valence-electron chi connectivity index (χ2n) is 5.85. The number of ether oxygens (including phenoxy) is 1. The monoisotopic (exact) mass is 273 g/mol. The van der Waals surface area contributed by atoms with Crippen LogP contribution in [0.25, 0.3) is 0 Å². The van der Waals surface area contributed by atoms with Crippen LogP contribution in [0.4, 0.5) is 0 Å². The molecule has 1 N–H and O–H groups in total. The van der Waals surface area contributed by atoms with Crippen LogP contribution in [-0.4, -0.2) is 19.7 Å². The molecule has 0 amide bonds. The van der Waals surface area contributed by atoms with Crippen LogP contribution in [0.5, 0.6) is 5.75 Å². The zero-order valence-corrected chi connectivity index (χ0v) is 12.8. The molecule has 0 bridgehead atoms. The number of nitrogens with one attached hydrogen (secondary N) is 1. The van der Waals surface area contributed by atoms with Gasteiger partial charge in [0.05, 0.1) is 7.11 Å². The molecule has 2 nitrogen and oxygen atoms in total. The van der Waals surface area contributed by atoms with Crippen molar-refractivity contribution in [1.29, 1.82) is 0 Å². The standard InChI is InChI=1S/C18H27NO/c1-15(19-14-17-6-4-3-5-7-17)8-9-16-10-12-18(20-2)13-11-16/h3-4,10-13,15,17,19H,5-9,14H2,1-2H3. The summed E-state index contributed by atoms with van der Waals surface area (Å²) in [5.74, 6) is 1.77. The first-order chi connectivity index (χ1) is 9.78. The van der Waals surface area contributed by atoms with Crippen LogP contribution >= 0.6 is 0 Å². The van der Waals surface area contributed by atoms with E-state index < -0.39 is 0 Å². The molecule has 2 atom stereocenters. The SMILES string of the molecule is COc1ccc(CCC(C)NCC2CC=CCC2)cc1. The van der Waals surface area contributed by atoms with Crippen molar-refractivity contribution in [3.63, 3.8) is 0 Å². The number of allylic oxidation sites excluding steroid dienone is 2. The highest BCUT2D eigenvalue weighted by Gasteiger charge is 2.11. The number of hydrogen-bond donors (Lipinski definition) is 1. The number of rotatable bonds is 7. The third kappa shape index (κ3) is 5.01. The van der Waals surface area contributed by atoms with Crippen LogP contribution in [0.15, 0.2) is 36.4 Å². The molecule has 0 saturated carbocycles. The van der Waals surface area contributed by atoms with Gasteiger partial charge in [0.25, 0.3) is 0 Å². The quantitative estimate of drug-likeness (QED) is 0.759. The Balaban J connectivity index is 1.66. The van der Waals surface area contributed by atoms with Crippen LogP contribution in [-0.2, 0) is 6.42 Å². The van der Waals surface area contributed by atoms with Gasteiger partial charge in [-0.2, -0.15) is 0 Å². The van der Waals surface area contributed by atoms with Crippen molar-refractivity contribution in [2.75, 3.05) is 13.7 Å². The summed E-state index contributed by atoms with van der Waals surface area (Å²) >= 11 is 0. The molecule has 0 fully saturated rings. The van der Waals surface area contributed by atoms with Gasteiger partial charge in [0.1, 0.15) is 5.75 Å². The Kier molecular flexibility index (Phi) is 6.13. The van der Waals surface area contributed by atoms with Crippen LogP contribution in [0.2, 0.25) is 0 Å². The predicted molar refractivity (Wildman–Crippen MR) is 85.3 cm³/mol. The summed E-state index contributed by atoms with van der Waals surface area (Å²) in [6, 6.07) is 9.00. The molecule has 0 spiro atoms. The normalized spacial score (nSPS) is 19.8. The molecular weight excluding hydrogens is 246 g/mol. The number of aryl methyl sites for hydroxylation is 1. The van der Waals surface area contributed by atoms with E-state index in [0.717, 1.165) is 24.6 Å². The van der Waals surface area contributed by atoms with Crippen LogP contribution in [0, 0.1) is 5.92 Å². The number of methoxy groups -OCH3 is 1. The van der Waals surface area contributed by atoms with E-state index in [9.17, 15) is 0 Å². The molecule has 0 aromatic heterocycles. The Bertz CT molecular complexity index is 410. The molecule has 2 unspecified atom stereocenters. The Morgan fingerprint density at radius 3 is 2.70 bits per heavy atom. The van der Waals surface area contributed by atoms with Gasteiger partial charge in [0.2, 0.25) is 0 Å². The average Bonchev–Trinajstić information content (AvgIpc) is 2.52. The highest BCUT2D eigenvalue weighted by atomic mass is 16.5. The van der Waals surface area contributed by atoms with E-state index in [-0.39, 0.29) is 0 Å². The maximum absolute atomic E-state index is 5.18. The maximum atomic E-state index is 5.18. The molecule has 0 radical (unpaired) electrons. The number of hydrogen-bond acceptors (Lipinski definition) is 2. The lowest BCUT2D eigenvalue weighted by molar-refractivity contribution is 0.402. The van der Waals surface area contributed by atoms with Crippen molar-refractivity contribution < 1.29 is 4.74 Å². The lowest BCUT2D eigenvalue weighted by atomic mass is 9.94. The smallest absolute Gasteiger partial charge is 0.118 e. The van der Waals surface area contributed by atoms with Crippen molar-refractivity contribution in [1.82, 2.24) is 5.32 Å². The van der Waals surface area contributed by atoms with Crippen molar-refractivity contribution in [2.45, 2.75) is 45.1 Å². The Labute approximate surface area is 123 Å². The van der Waals surface area contributed by atoms with Crippen molar-refractivity contribution in [3.8, 4) is 5.75 Å². The van der Waals surface area contributed by atoms with E-state index in [1.165, 1.54) is 31.2 Å². The molecule has 2 heteroatoms. The maximum Gasteiger partial charge on any atom is 0.118 e. The lowest BCUT2D eigenvalue weighted by Gasteiger charge is -2.21. The average molecular weight is 273 g/mol. The molecule has 0 saturated heterocycles. The zero-order chi connectivity index (χ0) is 14.2. The Morgan fingerprint density at radius 1 is 1.25 bits per heavy atom. The van der Waals surface area contributed by atoms with E-state index in [4.69, 9.17) is 4.74 Å². The van der Waals surface area contributed by atoms with Crippen LogP contribution in [0.1, 0.15) is 38.2 Å². The molecule has 0 aliphatic heterocycles. The first-order valence-corrected chi connectivity index (χ1v) is 7.79. The topological polar surface area (TPSA) is 21.3 Å². The highest BCUT2D eigenvalue weighted by Crippen LogP contribution is 2.17. The summed E-state index contributed by atoms with van der Waals surface area (Å²) in [5, 5.41) is 3.69. The Hall–Kier alpha value is -1.28. The zero-order valence-electron chi connectivity index (χ0n) is 12.8. The van der Waals surface area contributed by atoms with Gasteiger partial charge in [0.15, 0.2) is 0 Å². The minimum Gasteiger partial charge on any atom is -0.497 e. The van der Waals surface area contributed by atoms with Crippen molar-refractivity contribution in [2.24, 2.45) is 5.92 Å². The molecule has 1 aromatic carbocycles. The van der Waals surface area contributed by atoms with Crippen molar-refractivity contribution >= 4 is 0 Å². The minimum atomic E-state index is 0.586. The molecule has 1 aromatic rings. The van der Waals surface area contributed by atoms with Crippen LogP contribution in [0.3, 0.4) is 0 Å². The Morgan fingerprint density at radius 2 is 2.05 bits per heavy atom. The number of benzene rings is 1. The second-order valence-corrected chi connectivity index (χ2v) is 5.85. The second kappa shape index (κ2) is 8.11. The largest absolute Gasteiger partial charge is 0.497 e. The van der Waals surface area contributed by atoms with Gasteiger partial charge in [-0.15, -0.1) is 0 Å². The fourth-order valence-electron chi connectivity index (χ4n) is 2.69. The van der Waals surface area contributed by atoms with Crippen LogP contribution < -0.4 is 10.1 Å². The first-order valence-electron chi connectivity index (χ1n) is 7.79. The van der Waals surface area contributed by atoms with Gasteiger partial charge in [-0.05, 0) is 69.2 Å². The van der Waals surface area contributed by atoms with Gasteiger partial charge in [-0.1, -0.05) is 24.3 Å². The lowest BCUT2D eigenvalue weighted by Crippen LogP contribution is -2.31. The molecule has 2 rings (SSSR count). The third-order valence-electron chi connectivity index (χ3n) is 4.16. The summed E-state index contributed by atoms with van der Waals surface area (Å²) in [5.41, 5.74) is 1.39. The first kappa shape index (κ1) is 15.1. The summed E-state index contributed by atoms with van der Waals surface area (Å²) in [6.45, 7) is 3.45. The fourth-order valence-corrected chi connectivity index (χ4v) is 2.69. The van der Waals surface area contributed by atoms with E-state index in [1.54, 1.807) is 7.11 Å². The van der Waals surface area contributed by atoms with Crippen molar-refractivity contribution in [3.05, 3.63) is 42.0 Å². The van der Waals surface area contributed by atoms with Gasteiger partial charge in [0, 0.05) is 6.04 Å². The molecule has 1 aliphatic carbocycles. The minimum absolute atomic E-state index is 0.586. The highest BCUT2D eigenvalue weighted by molar-refractivity contribution is 5.27. The van der Waals surface area contributed by atoms with Gasteiger partial charge < -0.3 is 10.1 Å². The van der Waals surface area contributed by atoms with E-state index in [2.05, 4.69) is 36.5 Å². The summed E-state index contributed by atoms with van der Waals surface area (Å²) < 4.78 is 5.18. The van der Waals surface area contributed by atoms with E-state index in [1.807, 2.05) is 12.1 Å². The molecule has 1 aliphatic rings. The van der Waals surface area contributed by atoms with E-state index in [0.29, 0.717) is 6.04 Å². The molecule has 0 heterocycles. The fraction of sp³-hybridized carbons (Fsp3) is 0.556. The van der Waals surface area contributed by atoms with Gasteiger partial charge in [-0.3, -0.25) is 0 Å². The summed E-state index contributed by atoms with van der Waals surface area (Å²) in [4.78, 5) is 0. The summed E-state index contributed by atoms with van der Waals surface area (Å²) in [6.07, 6.45) is 10.8. The van der Waals surface area contributed by atoms with Gasteiger partial charge in [-0.25, -0.2) is 0 Å².